The van der Waals surface area contributed by atoms with E-state index in [1.165, 1.54) is 10.9 Å². The number of ether oxygens (including phenoxy) is 1. The van der Waals surface area contributed by atoms with Gasteiger partial charge in [-0.1, -0.05) is 13.8 Å². The summed E-state index contributed by atoms with van der Waals surface area (Å²) in [6, 6.07) is 4.15. The molecule has 0 amide bonds. The number of fused-ring (bicyclic) bond motifs is 1. The number of hydrogen-bond acceptors (Lipinski definition) is 3. The van der Waals surface area contributed by atoms with Crippen LogP contribution in [0, 0.1) is 5.92 Å². The van der Waals surface area contributed by atoms with Crippen LogP contribution in [0.1, 0.15) is 26.3 Å². The first-order valence-electron chi connectivity index (χ1n) is 7.43. The monoisotopic (exact) mass is 275 g/mol. The maximum atomic E-state index is 5.44. The van der Waals surface area contributed by atoms with Gasteiger partial charge in [-0.3, -0.25) is 0 Å². The molecule has 2 heterocycles. The molecule has 110 valence electrons. The third kappa shape index (κ3) is 3.81. The Bertz CT molecular complexity index is 534. The number of nitrogens with zero attached hydrogens (tertiary/aromatic N) is 2. The van der Waals surface area contributed by atoms with Crippen molar-refractivity contribution < 1.29 is 4.74 Å². The van der Waals surface area contributed by atoms with Gasteiger partial charge in [-0.25, -0.2) is 4.98 Å². The second-order valence-electron chi connectivity index (χ2n) is 5.44. The maximum absolute atomic E-state index is 5.44. The molecule has 0 saturated heterocycles. The minimum Gasteiger partial charge on any atom is -0.380 e. The molecule has 0 aliphatic heterocycles. The van der Waals surface area contributed by atoms with Crippen LogP contribution in [0.15, 0.2) is 24.5 Å². The average molecular weight is 275 g/mol. The van der Waals surface area contributed by atoms with Crippen molar-refractivity contribution in [3.8, 4) is 0 Å². The van der Waals surface area contributed by atoms with E-state index in [9.17, 15) is 0 Å². The Morgan fingerprint density at radius 2 is 2.25 bits per heavy atom. The smallest absolute Gasteiger partial charge is 0.140 e. The largest absolute Gasteiger partial charge is 0.380 e. The molecule has 2 rings (SSSR count). The molecule has 0 unspecified atom stereocenters. The minimum absolute atomic E-state index is 0.666. The molecule has 2 aromatic heterocycles. The maximum Gasteiger partial charge on any atom is 0.140 e. The molecule has 0 bridgehead atoms. The zero-order chi connectivity index (χ0) is 14.4. The lowest BCUT2D eigenvalue weighted by atomic mass is 10.2. The zero-order valence-electron chi connectivity index (χ0n) is 12.7. The van der Waals surface area contributed by atoms with Crippen LogP contribution in [0.25, 0.3) is 11.0 Å². The topological polar surface area (TPSA) is 39.1 Å². The number of rotatable bonds is 8. The van der Waals surface area contributed by atoms with E-state index in [0.29, 0.717) is 5.92 Å². The van der Waals surface area contributed by atoms with Crippen molar-refractivity contribution >= 4 is 11.0 Å². The van der Waals surface area contributed by atoms with Gasteiger partial charge < -0.3 is 14.6 Å². The second kappa shape index (κ2) is 7.41. The van der Waals surface area contributed by atoms with Crippen LogP contribution in [0.2, 0.25) is 0 Å². The lowest BCUT2D eigenvalue weighted by Gasteiger charge is -2.06. The van der Waals surface area contributed by atoms with Gasteiger partial charge in [0.05, 0.1) is 6.61 Å². The highest BCUT2D eigenvalue weighted by molar-refractivity contribution is 5.80. The SMILES string of the molecule is CCOCCn1cc(CNCC(C)C)c2cccnc21. The Hall–Kier alpha value is -1.39. The van der Waals surface area contributed by atoms with Gasteiger partial charge >= 0.3 is 0 Å². The molecule has 1 N–H and O–H groups in total. The standard InChI is InChI=1S/C16H25N3O/c1-4-20-9-8-19-12-14(11-17-10-13(2)3)15-6-5-7-18-16(15)19/h5-7,12-13,17H,4,8-11H2,1-3H3. The molecule has 0 aliphatic rings. The Balaban J connectivity index is 2.13. The summed E-state index contributed by atoms with van der Waals surface area (Å²) in [7, 11) is 0. The summed E-state index contributed by atoms with van der Waals surface area (Å²) in [5.41, 5.74) is 2.36. The molecule has 0 saturated carbocycles. The molecule has 2 aromatic rings. The molecule has 4 nitrogen and oxygen atoms in total. The van der Waals surface area contributed by atoms with E-state index < -0.39 is 0 Å². The van der Waals surface area contributed by atoms with E-state index in [1.807, 2.05) is 19.2 Å². The highest BCUT2D eigenvalue weighted by Gasteiger charge is 2.09. The number of pyridine rings is 1. The summed E-state index contributed by atoms with van der Waals surface area (Å²) < 4.78 is 7.64. The summed E-state index contributed by atoms with van der Waals surface area (Å²) in [4.78, 5) is 4.50. The van der Waals surface area contributed by atoms with Crippen LogP contribution in [0.4, 0.5) is 0 Å². The van der Waals surface area contributed by atoms with E-state index in [4.69, 9.17) is 4.74 Å². The van der Waals surface area contributed by atoms with Crippen LogP contribution in [-0.2, 0) is 17.8 Å². The van der Waals surface area contributed by atoms with E-state index >= 15 is 0 Å². The lowest BCUT2D eigenvalue weighted by molar-refractivity contribution is 0.140. The first kappa shape index (κ1) is 15.0. The van der Waals surface area contributed by atoms with Gasteiger partial charge in [0.15, 0.2) is 0 Å². The Labute approximate surface area is 121 Å². The van der Waals surface area contributed by atoms with Crippen molar-refractivity contribution in [3.63, 3.8) is 0 Å². The van der Waals surface area contributed by atoms with Crippen LogP contribution in [0.5, 0.6) is 0 Å². The van der Waals surface area contributed by atoms with Gasteiger partial charge in [0.25, 0.3) is 0 Å². The first-order valence-corrected chi connectivity index (χ1v) is 7.43. The summed E-state index contributed by atoms with van der Waals surface area (Å²) in [6.07, 6.45) is 4.05. The van der Waals surface area contributed by atoms with E-state index in [1.54, 1.807) is 0 Å². The predicted octanol–water partition coefficient (Wildman–Crippen LogP) is 2.82. The third-order valence-electron chi connectivity index (χ3n) is 3.27. The molecular weight excluding hydrogens is 250 g/mol. The fourth-order valence-corrected chi connectivity index (χ4v) is 2.31. The molecule has 0 atom stereocenters. The molecular formula is C16H25N3O. The van der Waals surface area contributed by atoms with Crippen LogP contribution in [-0.4, -0.2) is 29.3 Å². The van der Waals surface area contributed by atoms with Crippen LogP contribution in [0.3, 0.4) is 0 Å². The zero-order valence-corrected chi connectivity index (χ0v) is 12.7. The summed E-state index contributed by atoms with van der Waals surface area (Å²) in [5.74, 6) is 0.666. The molecule has 20 heavy (non-hydrogen) atoms. The van der Waals surface area contributed by atoms with Gasteiger partial charge in [0, 0.05) is 37.5 Å². The number of hydrogen-bond donors (Lipinski definition) is 1. The fraction of sp³-hybridized carbons (Fsp3) is 0.562. The predicted molar refractivity (Wildman–Crippen MR) is 82.8 cm³/mol. The van der Waals surface area contributed by atoms with Crippen molar-refractivity contribution in [1.82, 2.24) is 14.9 Å². The van der Waals surface area contributed by atoms with Gasteiger partial charge in [0.1, 0.15) is 5.65 Å². The number of nitrogens with one attached hydrogen (secondary N) is 1. The van der Waals surface area contributed by atoms with Crippen LogP contribution < -0.4 is 5.32 Å². The lowest BCUT2D eigenvalue weighted by Crippen LogP contribution is -2.18. The molecule has 0 spiro atoms. The molecule has 4 heteroatoms. The van der Waals surface area contributed by atoms with Crippen molar-refractivity contribution in [3.05, 3.63) is 30.1 Å². The molecule has 0 fully saturated rings. The second-order valence-corrected chi connectivity index (χ2v) is 5.44. The quantitative estimate of drug-likeness (QED) is 0.753. The van der Waals surface area contributed by atoms with E-state index in [0.717, 1.165) is 38.5 Å². The molecule has 0 aromatic carbocycles. The van der Waals surface area contributed by atoms with Crippen molar-refractivity contribution in [1.29, 1.82) is 0 Å². The highest BCUT2D eigenvalue weighted by Crippen LogP contribution is 2.19. The van der Waals surface area contributed by atoms with E-state index in [2.05, 4.69) is 41.0 Å². The average Bonchev–Trinajstić information content (AvgIpc) is 2.78. The van der Waals surface area contributed by atoms with Gasteiger partial charge in [0.2, 0.25) is 0 Å². The Kier molecular flexibility index (Phi) is 5.56. The van der Waals surface area contributed by atoms with Crippen molar-refractivity contribution in [2.24, 2.45) is 5.92 Å². The first-order chi connectivity index (χ1) is 9.72. The summed E-state index contributed by atoms with van der Waals surface area (Å²) in [6.45, 7) is 10.7. The highest BCUT2D eigenvalue weighted by atomic mass is 16.5. The Morgan fingerprint density at radius 3 is 3.00 bits per heavy atom. The van der Waals surface area contributed by atoms with E-state index in [-0.39, 0.29) is 0 Å². The van der Waals surface area contributed by atoms with Gasteiger partial charge in [-0.05, 0) is 37.1 Å². The summed E-state index contributed by atoms with van der Waals surface area (Å²) in [5, 5.41) is 4.74. The van der Waals surface area contributed by atoms with Gasteiger partial charge in [-0.15, -0.1) is 0 Å². The van der Waals surface area contributed by atoms with Crippen LogP contribution >= 0.6 is 0 Å². The third-order valence-corrected chi connectivity index (χ3v) is 3.27. The summed E-state index contributed by atoms with van der Waals surface area (Å²) >= 11 is 0. The Morgan fingerprint density at radius 1 is 1.40 bits per heavy atom. The number of aromatic nitrogens is 2. The van der Waals surface area contributed by atoms with Crippen molar-refractivity contribution in [2.75, 3.05) is 19.8 Å². The fourth-order valence-electron chi connectivity index (χ4n) is 2.31. The minimum atomic E-state index is 0.666. The van der Waals surface area contributed by atoms with Crippen molar-refractivity contribution in [2.45, 2.75) is 33.9 Å². The molecule has 0 radical (unpaired) electrons. The normalized spacial score (nSPS) is 11.6. The van der Waals surface area contributed by atoms with Gasteiger partial charge in [-0.2, -0.15) is 0 Å². The molecule has 0 aliphatic carbocycles.